The van der Waals surface area contributed by atoms with Crippen LogP contribution in [0.5, 0.6) is 0 Å². The zero-order chi connectivity index (χ0) is 19.7. The molecule has 10 heteroatoms. The Bertz CT molecular complexity index is 944. The lowest BCUT2D eigenvalue weighted by molar-refractivity contribution is -0.136. The zero-order valence-electron chi connectivity index (χ0n) is 14.0. The Kier molecular flexibility index (Phi) is 5.09. The van der Waals surface area contributed by atoms with Crippen LogP contribution in [0.3, 0.4) is 0 Å². The summed E-state index contributed by atoms with van der Waals surface area (Å²) in [4.78, 5) is 16.1. The summed E-state index contributed by atoms with van der Waals surface area (Å²) in [5.41, 5.74) is -0.782. The predicted octanol–water partition coefficient (Wildman–Crippen LogP) is 2.76. The molecule has 3 rings (SSSR count). The van der Waals surface area contributed by atoms with Gasteiger partial charge in [-0.25, -0.2) is 13.4 Å². The van der Waals surface area contributed by atoms with E-state index in [4.69, 9.17) is 0 Å². The number of benzene rings is 1. The molecule has 2 N–H and O–H groups in total. The van der Waals surface area contributed by atoms with Crippen molar-refractivity contribution in [3.63, 3.8) is 0 Å². The van der Waals surface area contributed by atoms with E-state index in [1.165, 1.54) is 36.5 Å². The van der Waals surface area contributed by atoms with E-state index in [1.54, 1.807) is 0 Å². The van der Waals surface area contributed by atoms with Gasteiger partial charge in [0.15, 0.2) is 9.84 Å². The molecule has 144 valence electrons. The highest BCUT2D eigenvalue weighted by atomic mass is 32.2. The summed E-state index contributed by atoms with van der Waals surface area (Å²) in [5.74, 6) is -0.393. The van der Waals surface area contributed by atoms with Crippen molar-refractivity contribution in [2.24, 2.45) is 0 Å². The third-order valence-electron chi connectivity index (χ3n) is 4.09. The molecule has 1 saturated heterocycles. The van der Waals surface area contributed by atoms with Gasteiger partial charge < -0.3 is 10.6 Å². The molecule has 2 heterocycles. The molecule has 1 atom stereocenters. The second kappa shape index (κ2) is 7.18. The molecule has 1 amide bonds. The number of sulfone groups is 1. The molecule has 0 saturated carbocycles. The second-order valence-electron chi connectivity index (χ2n) is 6.17. The quantitative estimate of drug-likeness (QED) is 0.826. The molecular formula is C17H16F3N3O3S. The Labute approximate surface area is 153 Å². The maximum atomic E-state index is 13.0. The summed E-state index contributed by atoms with van der Waals surface area (Å²) in [7, 11) is -3.11. The molecule has 0 spiro atoms. The molecule has 1 aromatic carbocycles. The fourth-order valence-corrected chi connectivity index (χ4v) is 4.43. The van der Waals surface area contributed by atoms with Crippen LogP contribution >= 0.6 is 0 Å². The summed E-state index contributed by atoms with van der Waals surface area (Å²) >= 11 is 0. The van der Waals surface area contributed by atoms with Crippen molar-refractivity contribution in [2.45, 2.75) is 18.6 Å². The Morgan fingerprint density at radius 2 is 1.89 bits per heavy atom. The van der Waals surface area contributed by atoms with Crippen LogP contribution in [0, 0.1) is 0 Å². The van der Waals surface area contributed by atoms with Crippen molar-refractivity contribution in [1.82, 2.24) is 10.3 Å². The van der Waals surface area contributed by atoms with Crippen LogP contribution in [-0.2, 0) is 16.0 Å². The number of nitrogens with one attached hydrogen (secondary N) is 2. The Hall–Kier alpha value is -2.62. The van der Waals surface area contributed by atoms with Crippen LogP contribution < -0.4 is 10.6 Å². The molecular weight excluding hydrogens is 383 g/mol. The van der Waals surface area contributed by atoms with Crippen molar-refractivity contribution in [1.29, 1.82) is 0 Å². The van der Waals surface area contributed by atoms with Gasteiger partial charge in [-0.3, -0.25) is 4.79 Å². The van der Waals surface area contributed by atoms with E-state index in [0.29, 0.717) is 6.42 Å². The molecule has 0 aliphatic carbocycles. The van der Waals surface area contributed by atoms with Crippen molar-refractivity contribution in [3.05, 3.63) is 53.7 Å². The standard InChI is InChI=1S/C17H16F3N3O3S/c18-17(19,20)13-3-1-2-4-14(13)23-15-6-5-11(9-21-15)16(24)22-12-7-8-27(25,26)10-12/h1-6,9,12H,7-8,10H2,(H,21,23)(H,22,24). The predicted molar refractivity (Wildman–Crippen MR) is 93.5 cm³/mol. The lowest BCUT2D eigenvalue weighted by Gasteiger charge is -2.14. The number of amides is 1. The normalized spacial score (nSPS) is 18.9. The number of pyridine rings is 1. The molecule has 1 aliphatic heterocycles. The van der Waals surface area contributed by atoms with Gasteiger partial charge in [0.05, 0.1) is 28.3 Å². The van der Waals surface area contributed by atoms with Crippen LogP contribution in [0.4, 0.5) is 24.7 Å². The monoisotopic (exact) mass is 399 g/mol. The number of para-hydroxylation sites is 1. The fourth-order valence-electron chi connectivity index (χ4n) is 2.76. The lowest BCUT2D eigenvalue weighted by atomic mass is 10.1. The van der Waals surface area contributed by atoms with Gasteiger partial charge in [-0.1, -0.05) is 12.1 Å². The fraction of sp³-hybridized carbons (Fsp3) is 0.294. The second-order valence-corrected chi connectivity index (χ2v) is 8.40. The van der Waals surface area contributed by atoms with Gasteiger partial charge in [0.2, 0.25) is 0 Å². The Morgan fingerprint density at radius 3 is 2.48 bits per heavy atom. The summed E-state index contributed by atoms with van der Waals surface area (Å²) in [5, 5.41) is 5.21. The van der Waals surface area contributed by atoms with E-state index in [0.717, 1.165) is 6.07 Å². The number of anilines is 2. The summed E-state index contributed by atoms with van der Waals surface area (Å²) in [6, 6.07) is 7.34. The molecule has 0 radical (unpaired) electrons. The first kappa shape index (κ1) is 19.2. The maximum Gasteiger partial charge on any atom is 0.418 e. The summed E-state index contributed by atoms with van der Waals surface area (Å²) < 4.78 is 61.9. The number of carbonyl (C=O) groups excluding carboxylic acids is 1. The minimum absolute atomic E-state index is 0.0394. The first-order chi connectivity index (χ1) is 12.6. The van der Waals surface area contributed by atoms with Gasteiger partial charge in [-0.2, -0.15) is 13.2 Å². The summed E-state index contributed by atoms with van der Waals surface area (Å²) in [6.07, 6.45) is -2.93. The average molecular weight is 399 g/mol. The first-order valence-corrected chi connectivity index (χ1v) is 9.87. The topological polar surface area (TPSA) is 88.2 Å². The minimum atomic E-state index is -4.51. The average Bonchev–Trinajstić information content (AvgIpc) is 2.93. The lowest BCUT2D eigenvalue weighted by Crippen LogP contribution is -2.35. The van der Waals surface area contributed by atoms with E-state index < -0.39 is 33.5 Å². The van der Waals surface area contributed by atoms with Gasteiger partial charge in [0.1, 0.15) is 5.82 Å². The number of nitrogens with zero attached hydrogens (tertiary/aromatic N) is 1. The number of rotatable bonds is 4. The van der Waals surface area contributed by atoms with Crippen LogP contribution in [-0.4, -0.2) is 36.9 Å². The highest BCUT2D eigenvalue weighted by molar-refractivity contribution is 7.91. The van der Waals surface area contributed by atoms with Crippen LogP contribution in [0.25, 0.3) is 0 Å². The van der Waals surface area contributed by atoms with Crippen molar-refractivity contribution in [3.8, 4) is 0 Å². The van der Waals surface area contributed by atoms with E-state index in [-0.39, 0.29) is 28.6 Å². The summed E-state index contributed by atoms with van der Waals surface area (Å²) in [6.45, 7) is 0. The highest BCUT2D eigenvalue weighted by Crippen LogP contribution is 2.35. The largest absolute Gasteiger partial charge is 0.418 e. The zero-order valence-corrected chi connectivity index (χ0v) is 14.8. The Morgan fingerprint density at radius 1 is 1.15 bits per heavy atom. The smallest absolute Gasteiger partial charge is 0.348 e. The number of halogens is 3. The molecule has 1 unspecified atom stereocenters. The van der Waals surface area contributed by atoms with Crippen LogP contribution in [0.2, 0.25) is 0 Å². The molecule has 6 nitrogen and oxygen atoms in total. The van der Waals surface area contributed by atoms with E-state index in [1.807, 2.05) is 0 Å². The van der Waals surface area contributed by atoms with Gasteiger partial charge in [0, 0.05) is 12.2 Å². The molecule has 0 bridgehead atoms. The number of carbonyl (C=O) groups is 1. The van der Waals surface area contributed by atoms with Crippen LogP contribution in [0.1, 0.15) is 22.3 Å². The highest BCUT2D eigenvalue weighted by Gasteiger charge is 2.33. The molecule has 1 aliphatic rings. The number of hydrogen-bond acceptors (Lipinski definition) is 5. The minimum Gasteiger partial charge on any atom is -0.348 e. The third-order valence-corrected chi connectivity index (χ3v) is 5.86. The van der Waals surface area contributed by atoms with Crippen molar-refractivity contribution in [2.75, 3.05) is 16.8 Å². The molecule has 27 heavy (non-hydrogen) atoms. The van der Waals surface area contributed by atoms with E-state index in [2.05, 4.69) is 15.6 Å². The Balaban J connectivity index is 1.69. The number of alkyl halides is 3. The van der Waals surface area contributed by atoms with Gasteiger partial charge in [-0.15, -0.1) is 0 Å². The van der Waals surface area contributed by atoms with Crippen molar-refractivity contribution < 1.29 is 26.4 Å². The van der Waals surface area contributed by atoms with Gasteiger partial charge in [0.25, 0.3) is 5.91 Å². The van der Waals surface area contributed by atoms with Gasteiger partial charge in [-0.05, 0) is 30.7 Å². The van der Waals surface area contributed by atoms with Crippen LogP contribution in [0.15, 0.2) is 42.6 Å². The van der Waals surface area contributed by atoms with Crippen molar-refractivity contribution >= 4 is 27.2 Å². The number of hydrogen-bond donors (Lipinski definition) is 2. The van der Waals surface area contributed by atoms with E-state index in [9.17, 15) is 26.4 Å². The third kappa shape index (κ3) is 4.76. The maximum absolute atomic E-state index is 13.0. The number of aromatic nitrogens is 1. The SMILES string of the molecule is O=C(NC1CCS(=O)(=O)C1)c1ccc(Nc2ccccc2C(F)(F)F)nc1. The first-order valence-electron chi connectivity index (χ1n) is 8.05. The molecule has 2 aromatic rings. The molecule has 1 aromatic heterocycles. The van der Waals surface area contributed by atoms with Gasteiger partial charge >= 0.3 is 6.18 Å². The van der Waals surface area contributed by atoms with E-state index >= 15 is 0 Å². The molecule has 1 fully saturated rings.